The molecule has 5 nitrogen and oxygen atoms in total. The Morgan fingerprint density at radius 1 is 1.33 bits per heavy atom. The summed E-state index contributed by atoms with van der Waals surface area (Å²) in [4.78, 5) is 25.6. The van der Waals surface area contributed by atoms with Crippen LogP contribution in [0.5, 0.6) is 0 Å². The van der Waals surface area contributed by atoms with Crippen LogP contribution in [0.15, 0.2) is 29.1 Å². The normalized spacial score (nSPS) is 12.4. The molecule has 0 aliphatic rings. The van der Waals surface area contributed by atoms with Gasteiger partial charge in [-0.1, -0.05) is 6.92 Å². The van der Waals surface area contributed by atoms with E-state index in [1.54, 1.807) is 4.57 Å². The van der Waals surface area contributed by atoms with Crippen molar-refractivity contribution in [3.8, 4) is 0 Å². The van der Waals surface area contributed by atoms with E-state index in [0.29, 0.717) is 10.9 Å². The quantitative estimate of drug-likeness (QED) is 0.939. The van der Waals surface area contributed by atoms with E-state index in [1.165, 1.54) is 6.07 Å². The van der Waals surface area contributed by atoms with E-state index in [2.05, 4.69) is 0 Å². The molecular weight excluding hydrogens is 268 g/mol. The van der Waals surface area contributed by atoms with Crippen LogP contribution in [0.1, 0.15) is 36.8 Å². The van der Waals surface area contributed by atoms with Crippen molar-refractivity contribution >= 4 is 22.6 Å². The van der Waals surface area contributed by atoms with Gasteiger partial charge in [0, 0.05) is 37.3 Å². The topological polar surface area (TPSA) is 62.5 Å². The Labute approximate surface area is 123 Å². The van der Waals surface area contributed by atoms with Crippen molar-refractivity contribution in [1.82, 2.24) is 4.57 Å². The zero-order valence-corrected chi connectivity index (χ0v) is 12.8. The third-order valence-corrected chi connectivity index (χ3v) is 3.80. The second kappa shape index (κ2) is 5.60. The first kappa shape index (κ1) is 15.1. The monoisotopic (exact) mass is 288 g/mol. The number of hydrogen-bond donors (Lipinski definition) is 1. The SMILES string of the molecule is CCC(C)n1c(C(=O)O)cc(=O)c2cc(N(C)C)ccc21. The van der Waals surface area contributed by atoms with Gasteiger partial charge in [0.15, 0.2) is 5.43 Å². The molecule has 0 radical (unpaired) electrons. The number of fused-ring (bicyclic) bond motifs is 1. The van der Waals surface area contributed by atoms with Gasteiger partial charge in [-0.05, 0) is 31.5 Å². The Morgan fingerprint density at radius 3 is 2.52 bits per heavy atom. The summed E-state index contributed by atoms with van der Waals surface area (Å²) in [5.74, 6) is -1.08. The highest BCUT2D eigenvalue weighted by Crippen LogP contribution is 2.24. The molecular formula is C16H20N2O3. The molecule has 112 valence electrons. The Hall–Kier alpha value is -2.30. The van der Waals surface area contributed by atoms with Crippen LogP contribution in [0.4, 0.5) is 5.69 Å². The maximum absolute atomic E-state index is 12.2. The number of aromatic carboxylic acids is 1. The molecule has 1 heterocycles. The predicted octanol–water partition coefficient (Wildman–Crippen LogP) is 2.74. The van der Waals surface area contributed by atoms with E-state index in [9.17, 15) is 14.7 Å². The summed E-state index contributed by atoms with van der Waals surface area (Å²) in [6.07, 6.45) is 0.785. The van der Waals surface area contributed by atoms with Crippen LogP contribution in [-0.4, -0.2) is 29.7 Å². The highest BCUT2D eigenvalue weighted by Gasteiger charge is 2.18. The fourth-order valence-electron chi connectivity index (χ4n) is 2.43. The van der Waals surface area contributed by atoms with Gasteiger partial charge in [0.2, 0.25) is 0 Å². The van der Waals surface area contributed by atoms with E-state index in [4.69, 9.17) is 0 Å². The molecule has 0 aliphatic heterocycles. The van der Waals surface area contributed by atoms with Gasteiger partial charge in [0.05, 0.1) is 5.52 Å². The zero-order valence-electron chi connectivity index (χ0n) is 12.8. The largest absolute Gasteiger partial charge is 0.477 e. The molecule has 0 fully saturated rings. The molecule has 0 saturated heterocycles. The first-order chi connectivity index (χ1) is 9.86. The average Bonchev–Trinajstić information content (AvgIpc) is 2.45. The van der Waals surface area contributed by atoms with E-state index in [0.717, 1.165) is 12.1 Å². The standard InChI is InChI=1S/C16H20N2O3/c1-5-10(2)18-13-7-6-11(17(3)4)8-12(13)15(19)9-14(18)16(20)21/h6-10H,5H2,1-4H3,(H,20,21). The maximum Gasteiger partial charge on any atom is 0.352 e. The average molecular weight is 288 g/mol. The summed E-state index contributed by atoms with van der Waals surface area (Å²) in [5, 5.41) is 9.92. The van der Waals surface area contributed by atoms with Gasteiger partial charge in [-0.15, -0.1) is 0 Å². The van der Waals surface area contributed by atoms with Crippen molar-refractivity contribution in [2.24, 2.45) is 0 Å². The predicted molar refractivity (Wildman–Crippen MR) is 84.5 cm³/mol. The molecule has 5 heteroatoms. The molecule has 1 unspecified atom stereocenters. The summed E-state index contributed by atoms with van der Waals surface area (Å²) < 4.78 is 1.73. The summed E-state index contributed by atoms with van der Waals surface area (Å²) in [6, 6.07) is 6.75. The lowest BCUT2D eigenvalue weighted by atomic mass is 10.1. The number of carboxylic acids is 1. The fraction of sp³-hybridized carbons (Fsp3) is 0.375. The second-order valence-electron chi connectivity index (χ2n) is 5.42. The Bertz CT molecular complexity index is 747. The lowest BCUT2D eigenvalue weighted by Gasteiger charge is -2.21. The number of pyridine rings is 1. The van der Waals surface area contributed by atoms with Crippen LogP contribution in [0.3, 0.4) is 0 Å². The van der Waals surface area contributed by atoms with Crippen LogP contribution in [0, 0.1) is 0 Å². The fourth-order valence-corrected chi connectivity index (χ4v) is 2.43. The first-order valence-electron chi connectivity index (χ1n) is 6.96. The molecule has 1 aromatic heterocycles. The second-order valence-corrected chi connectivity index (χ2v) is 5.42. The third kappa shape index (κ3) is 2.63. The highest BCUT2D eigenvalue weighted by atomic mass is 16.4. The minimum absolute atomic E-state index is 0.00408. The van der Waals surface area contributed by atoms with E-state index >= 15 is 0 Å². The number of carbonyl (C=O) groups is 1. The van der Waals surface area contributed by atoms with Crippen molar-refractivity contribution in [2.45, 2.75) is 26.3 Å². The smallest absolute Gasteiger partial charge is 0.352 e. The summed E-state index contributed by atoms with van der Waals surface area (Å²) in [5.41, 5.74) is 1.36. The number of benzene rings is 1. The van der Waals surface area contributed by atoms with Crippen molar-refractivity contribution in [1.29, 1.82) is 0 Å². The van der Waals surface area contributed by atoms with Crippen LogP contribution in [-0.2, 0) is 0 Å². The Morgan fingerprint density at radius 2 is 2.00 bits per heavy atom. The number of carboxylic acid groups (broad SMARTS) is 1. The van der Waals surface area contributed by atoms with Gasteiger partial charge in [-0.2, -0.15) is 0 Å². The van der Waals surface area contributed by atoms with Crippen molar-refractivity contribution in [2.75, 3.05) is 19.0 Å². The maximum atomic E-state index is 12.2. The summed E-state index contributed by atoms with van der Waals surface area (Å²) in [7, 11) is 3.81. The van der Waals surface area contributed by atoms with Gasteiger partial charge in [-0.3, -0.25) is 4.79 Å². The molecule has 0 bridgehead atoms. The van der Waals surface area contributed by atoms with E-state index < -0.39 is 5.97 Å². The van der Waals surface area contributed by atoms with Crippen molar-refractivity contribution in [3.05, 3.63) is 40.2 Å². The van der Waals surface area contributed by atoms with Crippen LogP contribution in [0.25, 0.3) is 10.9 Å². The zero-order chi connectivity index (χ0) is 15.7. The number of anilines is 1. The molecule has 2 rings (SSSR count). The van der Waals surface area contributed by atoms with Crippen LogP contribution in [0.2, 0.25) is 0 Å². The Balaban J connectivity index is 2.88. The summed E-state index contributed by atoms with van der Waals surface area (Å²) >= 11 is 0. The molecule has 1 atom stereocenters. The molecule has 2 aromatic rings. The van der Waals surface area contributed by atoms with Crippen LogP contribution < -0.4 is 10.3 Å². The molecule has 0 aliphatic carbocycles. The van der Waals surface area contributed by atoms with E-state index in [-0.39, 0.29) is 17.2 Å². The van der Waals surface area contributed by atoms with Gasteiger partial charge in [0.25, 0.3) is 0 Å². The number of nitrogens with zero attached hydrogens (tertiary/aromatic N) is 2. The molecule has 1 aromatic carbocycles. The molecule has 21 heavy (non-hydrogen) atoms. The highest BCUT2D eigenvalue weighted by molar-refractivity contribution is 5.91. The van der Waals surface area contributed by atoms with Gasteiger partial charge in [-0.25, -0.2) is 4.79 Å². The lowest BCUT2D eigenvalue weighted by molar-refractivity contribution is 0.0682. The first-order valence-corrected chi connectivity index (χ1v) is 6.96. The molecule has 0 saturated carbocycles. The van der Waals surface area contributed by atoms with E-state index in [1.807, 2.05) is 51.0 Å². The molecule has 1 N–H and O–H groups in total. The number of rotatable bonds is 4. The molecule has 0 spiro atoms. The minimum atomic E-state index is -1.08. The summed E-state index contributed by atoms with van der Waals surface area (Å²) in [6.45, 7) is 3.95. The number of aromatic nitrogens is 1. The number of hydrogen-bond acceptors (Lipinski definition) is 3. The lowest BCUT2D eigenvalue weighted by Crippen LogP contribution is -2.21. The van der Waals surface area contributed by atoms with Crippen LogP contribution >= 0.6 is 0 Å². The van der Waals surface area contributed by atoms with Crippen molar-refractivity contribution < 1.29 is 9.90 Å². The third-order valence-electron chi connectivity index (χ3n) is 3.80. The Kier molecular flexibility index (Phi) is 4.02. The minimum Gasteiger partial charge on any atom is -0.477 e. The van der Waals surface area contributed by atoms with Crippen molar-refractivity contribution in [3.63, 3.8) is 0 Å². The molecule has 0 amide bonds. The van der Waals surface area contributed by atoms with Gasteiger partial charge >= 0.3 is 5.97 Å². The van der Waals surface area contributed by atoms with Gasteiger partial charge < -0.3 is 14.6 Å². The van der Waals surface area contributed by atoms with Gasteiger partial charge in [0.1, 0.15) is 5.69 Å².